The lowest BCUT2D eigenvalue weighted by Gasteiger charge is -2.38. The van der Waals surface area contributed by atoms with Gasteiger partial charge in [-0.25, -0.2) is 0 Å². The summed E-state index contributed by atoms with van der Waals surface area (Å²) in [7, 11) is 1.77. The van der Waals surface area contributed by atoms with Gasteiger partial charge in [0.1, 0.15) is 6.04 Å². The molecule has 0 saturated carbocycles. The van der Waals surface area contributed by atoms with E-state index in [0.29, 0.717) is 26.1 Å². The normalized spacial score (nSPS) is 35.7. The quantitative estimate of drug-likeness (QED) is 0.621. The standard InChI is InChI=1S/C23H33N3O4S/c1-4-6-12-25-13-8-10-23-18(17-16(31-23)9-7-11-24(3)20(17)28)21(29)26(15(5-2)14-27)19(23)22(25)30/h7-10,15-19,27H,4-6,11-14H2,1-3H3/t15-,16+,17-,18-,19?,23-/m0/s1. The van der Waals surface area contributed by atoms with Crippen LogP contribution in [0.2, 0.25) is 0 Å². The molecule has 1 unspecified atom stereocenters. The van der Waals surface area contributed by atoms with Gasteiger partial charge in [-0.1, -0.05) is 44.6 Å². The van der Waals surface area contributed by atoms with Crippen LogP contribution < -0.4 is 0 Å². The molecule has 0 bridgehead atoms. The number of hydrogen-bond donors (Lipinski definition) is 1. The third-order valence-corrected chi connectivity index (χ3v) is 8.98. The summed E-state index contributed by atoms with van der Waals surface area (Å²) in [4.78, 5) is 46.2. The summed E-state index contributed by atoms with van der Waals surface area (Å²) in [6.07, 6.45) is 10.5. The lowest BCUT2D eigenvalue weighted by atomic mass is 9.78. The highest BCUT2D eigenvalue weighted by Crippen LogP contribution is 2.61. The molecule has 0 aromatic carbocycles. The molecule has 7 nitrogen and oxygen atoms in total. The SMILES string of the molecule is CCCCN1CC=C[C@]23S[C@@H]4C=CCN(C)C(=O)[C@@H]4[C@H]2C(=O)N([C@@H](CC)CO)C3C1=O. The van der Waals surface area contributed by atoms with Crippen LogP contribution in [0.3, 0.4) is 0 Å². The van der Waals surface area contributed by atoms with Gasteiger partial charge in [0.05, 0.1) is 29.2 Å². The van der Waals surface area contributed by atoms with Crippen LogP contribution in [0.4, 0.5) is 0 Å². The second-order valence-electron chi connectivity index (χ2n) is 9.02. The van der Waals surface area contributed by atoms with Crippen molar-refractivity contribution in [1.29, 1.82) is 0 Å². The maximum absolute atomic E-state index is 13.9. The first-order valence-corrected chi connectivity index (χ1v) is 12.3. The molecule has 4 aliphatic heterocycles. The molecule has 8 heteroatoms. The van der Waals surface area contributed by atoms with Crippen molar-refractivity contribution in [2.45, 2.75) is 55.2 Å². The summed E-state index contributed by atoms with van der Waals surface area (Å²) < 4.78 is -0.786. The minimum atomic E-state index is -0.786. The van der Waals surface area contributed by atoms with E-state index in [1.807, 2.05) is 36.1 Å². The number of carbonyl (C=O) groups excluding carboxylic acids is 3. The fraction of sp³-hybridized carbons (Fsp3) is 0.696. The second-order valence-corrected chi connectivity index (χ2v) is 10.5. The fourth-order valence-electron chi connectivity index (χ4n) is 5.61. The van der Waals surface area contributed by atoms with E-state index < -0.39 is 28.7 Å². The van der Waals surface area contributed by atoms with Gasteiger partial charge in [0.15, 0.2) is 0 Å². The first-order chi connectivity index (χ1) is 14.9. The molecule has 0 radical (unpaired) electrons. The van der Waals surface area contributed by atoms with Crippen molar-refractivity contribution in [2.75, 3.05) is 33.3 Å². The maximum atomic E-state index is 13.9. The van der Waals surface area contributed by atoms with Gasteiger partial charge in [-0.15, -0.1) is 11.8 Å². The highest BCUT2D eigenvalue weighted by atomic mass is 32.2. The molecule has 170 valence electrons. The van der Waals surface area contributed by atoms with Gasteiger partial charge < -0.3 is 19.8 Å². The van der Waals surface area contributed by atoms with E-state index in [9.17, 15) is 19.5 Å². The molecule has 0 aliphatic carbocycles. The first-order valence-electron chi connectivity index (χ1n) is 11.4. The van der Waals surface area contributed by atoms with Crippen molar-refractivity contribution in [3.05, 3.63) is 24.3 Å². The van der Waals surface area contributed by atoms with E-state index in [2.05, 4.69) is 6.92 Å². The van der Waals surface area contributed by atoms with Crippen LogP contribution in [0.25, 0.3) is 0 Å². The van der Waals surface area contributed by atoms with E-state index in [0.717, 1.165) is 12.8 Å². The summed E-state index contributed by atoms with van der Waals surface area (Å²) in [5.74, 6) is -1.36. The Hall–Kier alpha value is -1.80. The third-order valence-electron chi connectivity index (χ3n) is 7.24. The molecular formula is C23H33N3O4S. The lowest BCUT2D eigenvalue weighted by molar-refractivity contribution is -0.146. The highest BCUT2D eigenvalue weighted by molar-refractivity contribution is 8.02. The number of likely N-dealkylation sites (N-methyl/N-ethyl adjacent to an activating group) is 1. The molecule has 2 fully saturated rings. The van der Waals surface area contributed by atoms with Crippen LogP contribution in [0, 0.1) is 11.8 Å². The van der Waals surface area contributed by atoms with Crippen molar-refractivity contribution in [1.82, 2.24) is 14.7 Å². The molecule has 4 heterocycles. The number of nitrogens with zero attached hydrogens (tertiary/aromatic N) is 3. The van der Waals surface area contributed by atoms with Crippen LogP contribution >= 0.6 is 11.8 Å². The fourth-order valence-corrected chi connectivity index (χ4v) is 7.60. The Morgan fingerprint density at radius 1 is 1.16 bits per heavy atom. The largest absolute Gasteiger partial charge is 0.394 e. The molecule has 31 heavy (non-hydrogen) atoms. The molecule has 0 aromatic rings. The van der Waals surface area contributed by atoms with E-state index in [1.54, 1.807) is 28.6 Å². The number of unbranched alkanes of at least 4 members (excludes halogenated alkanes) is 1. The number of aliphatic hydroxyl groups is 1. The van der Waals surface area contributed by atoms with Crippen LogP contribution in [0.5, 0.6) is 0 Å². The first kappa shape index (κ1) is 22.4. The minimum Gasteiger partial charge on any atom is -0.394 e. The van der Waals surface area contributed by atoms with Gasteiger partial charge in [0, 0.05) is 31.9 Å². The topological polar surface area (TPSA) is 81.2 Å². The maximum Gasteiger partial charge on any atom is 0.247 e. The number of amides is 3. The van der Waals surface area contributed by atoms with Gasteiger partial charge >= 0.3 is 0 Å². The van der Waals surface area contributed by atoms with E-state index in [-0.39, 0.29) is 29.6 Å². The van der Waals surface area contributed by atoms with E-state index >= 15 is 0 Å². The zero-order valence-corrected chi connectivity index (χ0v) is 19.4. The predicted molar refractivity (Wildman–Crippen MR) is 120 cm³/mol. The number of rotatable bonds is 6. The number of fused-ring (bicyclic) bond motifs is 2. The molecule has 4 aliphatic rings. The summed E-state index contributed by atoms with van der Waals surface area (Å²) in [5.41, 5.74) is 0. The van der Waals surface area contributed by atoms with Gasteiger partial charge in [-0.2, -0.15) is 0 Å². The molecule has 3 amide bonds. The summed E-state index contributed by atoms with van der Waals surface area (Å²) in [6, 6.07) is -1.13. The predicted octanol–water partition coefficient (Wildman–Crippen LogP) is 1.28. The van der Waals surface area contributed by atoms with E-state index in [4.69, 9.17) is 0 Å². The molecule has 1 spiro atoms. The third kappa shape index (κ3) is 3.33. The molecule has 4 rings (SSSR count). The monoisotopic (exact) mass is 447 g/mol. The minimum absolute atomic E-state index is 0.0386. The van der Waals surface area contributed by atoms with Gasteiger partial charge in [0.25, 0.3) is 0 Å². The molecule has 1 N–H and O–H groups in total. The molecule has 0 aromatic heterocycles. The zero-order valence-electron chi connectivity index (χ0n) is 18.6. The number of carbonyl (C=O) groups is 3. The molecule has 6 atom stereocenters. The van der Waals surface area contributed by atoms with Crippen molar-refractivity contribution < 1.29 is 19.5 Å². The Labute approximate surface area is 188 Å². The summed E-state index contributed by atoms with van der Waals surface area (Å²) >= 11 is 1.59. The average molecular weight is 448 g/mol. The number of hydrogen-bond acceptors (Lipinski definition) is 5. The van der Waals surface area contributed by atoms with E-state index in [1.165, 1.54) is 0 Å². The van der Waals surface area contributed by atoms with Crippen LogP contribution in [0.15, 0.2) is 24.3 Å². The Bertz CT molecular complexity index is 811. The average Bonchev–Trinajstić information content (AvgIpc) is 3.09. The Kier molecular flexibility index (Phi) is 6.23. The number of likely N-dealkylation sites (tertiary alicyclic amines) is 1. The van der Waals surface area contributed by atoms with Crippen LogP contribution in [0.1, 0.15) is 33.1 Å². The second kappa shape index (κ2) is 8.62. The highest BCUT2D eigenvalue weighted by Gasteiger charge is 2.71. The van der Waals surface area contributed by atoms with Crippen LogP contribution in [-0.4, -0.2) is 92.9 Å². The summed E-state index contributed by atoms with van der Waals surface area (Å²) in [5, 5.41) is 9.93. The van der Waals surface area contributed by atoms with Gasteiger partial charge in [0.2, 0.25) is 17.7 Å². The molecule has 2 saturated heterocycles. The smallest absolute Gasteiger partial charge is 0.247 e. The Morgan fingerprint density at radius 2 is 1.94 bits per heavy atom. The van der Waals surface area contributed by atoms with Crippen molar-refractivity contribution in [2.24, 2.45) is 11.8 Å². The lowest BCUT2D eigenvalue weighted by Crippen LogP contribution is -2.56. The Morgan fingerprint density at radius 3 is 2.61 bits per heavy atom. The Balaban J connectivity index is 1.83. The van der Waals surface area contributed by atoms with Crippen molar-refractivity contribution in [3.8, 4) is 0 Å². The molecular weight excluding hydrogens is 414 g/mol. The van der Waals surface area contributed by atoms with Crippen molar-refractivity contribution in [3.63, 3.8) is 0 Å². The van der Waals surface area contributed by atoms with Crippen molar-refractivity contribution >= 4 is 29.5 Å². The zero-order chi connectivity index (χ0) is 22.3. The summed E-state index contributed by atoms with van der Waals surface area (Å²) in [6.45, 7) is 5.51. The van der Waals surface area contributed by atoms with Gasteiger partial charge in [-0.3, -0.25) is 14.4 Å². The van der Waals surface area contributed by atoms with Crippen LogP contribution in [-0.2, 0) is 14.4 Å². The number of aliphatic hydroxyl groups excluding tert-OH is 1. The van der Waals surface area contributed by atoms with Gasteiger partial charge in [-0.05, 0) is 12.8 Å². The number of thioether (sulfide) groups is 1.